The third-order valence-electron chi connectivity index (χ3n) is 16.7. The minimum atomic E-state index is -0.855. The van der Waals surface area contributed by atoms with Crippen LogP contribution in [-0.2, 0) is 14.3 Å². The highest BCUT2D eigenvalue weighted by Crippen LogP contribution is 2.19. The molecule has 6 heteroatoms. The Hall–Kier alpha value is -1.66. The number of carbonyl (C=O) groups is 2. The van der Waals surface area contributed by atoms with E-state index < -0.39 is 12.1 Å². The second-order valence-electron chi connectivity index (χ2n) is 24.6. The van der Waals surface area contributed by atoms with Gasteiger partial charge in [0.05, 0.1) is 25.4 Å². The number of ether oxygens (including phenoxy) is 1. The molecule has 0 aliphatic carbocycles. The van der Waals surface area contributed by atoms with E-state index in [-0.39, 0.29) is 18.5 Å². The van der Waals surface area contributed by atoms with Gasteiger partial charge in [0.1, 0.15) is 0 Å². The molecule has 2 unspecified atom stereocenters. The summed E-state index contributed by atoms with van der Waals surface area (Å²) in [5, 5.41) is 23.3. The molecular formula is C72H139NO5. The van der Waals surface area contributed by atoms with Crippen LogP contribution < -0.4 is 5.32 Å². The molecule has 462 valence electrons. The van der Waals surface area contributed by atoms with E-state index in [1.54, 1.807) is 6.08 Å². The van der Waals surface area contributed by atoms with E-state index >= 15 is 0 Å². The van der Waals surface area contributed by atoms with Crippen LogP contribution in [0.3, 0.4) is 0 Å². The predicted molar refractivity (Wildman–Crippen MR) is 343 cm³/mol. The van der Waals surface area contributed by atoms with Gasteiger partial charge in [0.25, 0.3) is 0 Å². The Morgan fingerprint density at radius 3 is 0.910 bits per heavy atom. The van der Waals surface area contributed by atoms with Crippen LogP contribution >= 0.6 is 0 Å². The summed E-state index contributed by atoms with van der Waals surface area (Å²) in [4.78, 5) is 24.6. The van der Waals surface area contributed by atoms with Crippen molar-refractivity contribution < 1.29 is 24.5 Å². The first kappa shape index (κ1) is 76.3. The quantitative estimate of drug-likeness (QED) is 0.0320. The number of unbranched alkanes of at least 4 members (excludes halogenated alkanes) is 54. The highest BCUT2D eigenvalue weighted by molar-refractivity contribution is 5.76. The second kappa shape index (κ2) is 67.8. The summed E-state index contributed by atoms with van der Waals surface area (Å²) in [5.41, 5.74) is 0. The van der Waals surface area contributed by atoms with E-state index in [0.717, 1.165) is 57.8 Å². The first-order chi connectivity index (χ1) is 38.5. The number of aliphatic hydroxyl groups excluding tert-OH is 2. The summed E-state index contributed by atoms with van der Waals surface area (Å²) in [5.74, 6) is -0.0701. The Morgan fingerprint density at radius 1 is 0.346 bits per heavy atom. The van der Waals surface area contributed by atoms with Crippen LogP contribution in [0.25, 0.3) is 0 Å². The third kappa shape index (κ3) is 63.5. The summed E-state index contributed by atoms with van der Waals surface area (Å²) < 4.78 is 5.50. The number of allylic oxidation sites excluding steroid dienone is 3. The van der Waals surface area contributed by atoms with Crippen molar-refractivity contribution in [2.45, 2.75) is 411 Å². The number of nitrogens with one attached hydrogen (secondary N) is 1. The maximum atomic E-state index is 12.5. The molecule has 1 amide bonds. The van der Waals surface area contributed by atoms with E-state index in [1.807, 2.05) is 6.08 Å². The molecule has 0 fully saturated rings. The number of esters is 1. The van der Waals surface area contributed by atoms with Gasteiger partial charge < -0.3 is 20.3 Å². The zero-order chi connectivity index (χ0) is 56.4. The van der Waals surface area contributed by atoms with Crippen molar-refractivity contribution in [2.24, 2.45) is 0 Å². The second-order valence-corrected chi connectivity index (χ2v) is 24.6. The van der Waals surface area contributed by atoms with Crippen molar-refractivity contribution in [3.8, 4) is 0 Å². The number of amides is 1. The molecule has 78 heavy (non-hydrogen) atoms. The summed E-state index contributed by atoms with van der Waals surface area (Å²) in [7, 11) is 0. The van der Waals surface area contributed by atoms with Crippen LogP contribution in [0.2, 0.25) is 0 Å². The maximum absolute atomic E-state index is 12.5. The van der Waals surface area contributed by atoms with Crippen molar-refractivity contribution in [2.75, 3.05) is 13.2 Å². The normalized spacial score (nSPS) is 12.6. The fourth-order valence-electron chi connectivity index (χ4n) is 11.3. The monoisotopic (exact) mass is 1100 g/mol. The molecule has 6 nitrogen and oxygen atoms in total. The van der Waals surface area contributed by atoms with Crippen molar-refractivity contribution in [3.05, 3.63) is 24.3 Å². The lowest BCUT2D eigenvalue weighted by Crippen LogP contribution is -2.45. The molecule has 0 aromatic heterocycles. The standard InChI is InChI=1S/C72H139NO5/c1-3-5-7-9-11-13-15-17-19-21-23-24-25-26-27-28-29-32-36-40-44-48-52-56-60-64-70(75)69(68-74)73-71(76)65-61-57-53-49-45-41-37-33-30-31-35-39-43-47-51-55-59-63-67-78-72(77)66-62-58-54-50-46-42-38-34-22-20-18-16-14-12-10-8-6-4-2/h33,37,60,64,69-70,74-75H,3-32,34-36,38-59,61-63,65-68H2,1-2H3,(H,73,76)/b37-33-,64-60+. The lowest BCUT2D eigenvalue weighted by molar-refractivity contribution is -0.143. The number of hydrogen-bond donors (Lipinski definition) is 3. The van der Waals surface area contributed by atoms with Crippen LogP contribution in [-0.4, -0.2) is 47.4 Å². The predicted octanol–water partition coefficient (Wildman–Crippen LogP) is 22.9. The number of carbonyl (C=O) groups excluding carboxylic acids is 2. The fraction of sp³-hybridized carbons (Fsp3) is 0.917. The summed E-state index contributed by atoms with van der Waals surface area (Å²) in [6, 6.07) is -0.639. The Morgan fingerprint density at radius 2 is 0.603 bits per heavy atom. The molecule has 0 saturated carbocycles. The maximum Gasteiger partial charge on any atom is 0.305 e. The van der Waals surface area contributed by atoms with Gasteiger partial charge in [-0.2, -0.15) is 0 Å². The number of aliphatic hydroxyl groups is 2. The van der Waals surface area contributed by atoms with Crippen LogP contribution in [0, 0.1) is 0 Å². The number of hydrogen-bond acceptors (Lipinski definition) is 5. The largest absolute Gasteiger partial charge is 0.466 e. The van der Waals surface area contributed by atoms with Gasteiger partial charge in [-0.1, -0.05) is 353 Å². The van der Waals surface area contributed by atoms with Crippen LogP contribution in [0.1, 0.15) is 399 Å². The first-order valence-electron chi connectivity index (χ1n) is 35.6. The van der Waals surface area contributed by atoms with Gasteiger partial charge in [-0.25, -0.2) is 0 Å². The van der Waals surface area contributed by atoms with E-state index in [2.05, 4.69) is 31.3 Å². The van der Waals surface area contributed by atoms with Gasteiger partial charge in [-0.05, 0) is 57.8 Å². The molecule has 0 heterocycles. The molecular weight excluding hydrogens is 959 g/mol. The van der Waals surface area contributed by atoms with Crippen LogP contribution in [0.5, 0.6) is 0 Å². The SMILES string of the molecule is CCCCCCCCCCCCCCCCCCCCCCCCC/C=C/C(O)C(CO)NC(=O)CCCCCCC/C=C\CCCCCCCCCCCOC(=O)CCCCCCCCCCCCCCCCCCCC. The molecule has 0 bridgehead atoms. The highest BCUT2D eigenvalue weighted by Gasteiger charge is 2.18. The van der Waals surface area contributed by atoms with Gasteiger partial charge in [0, 0.05) is 12.8 Å². The van der Waals surface area contributed by atoms with Crippen molar-refractivity contribution in [3.63, 3.8) is 0 Å². The summed E-state index contributed by atoms with van der Waals surface area (Å²) in [6.07, 6.45) is 85.4. The van der Waals surface area contributed by atoms with Crippen LogP contribution in [0.4, 0.5) is 0 Å². The molecule has 0 aromatic rings. The molecule has 0 spiro atoms. The molecule has 0 radical (unpaired) electrons. The van der Waals surface area contributed by atoms with Gasteiger partial charge in [-0.3, -0.25) is 9.59 Å². The van der Waals surface area contributed by atoms with Gasteiger partial charge in [0.2, 0.25) is 5.91 Å². The Balaban J connectivity index is 3.45. The minimum Gasteiger partial charge on any atom is -0.466 e. The van der Waals surface area contributed by atoms with E-state index in [4.69, 9.17) is 4.74 Å². The molecule has 2 atom stereocenters. The molecule has 0 saturated heterocycles. The highest BCUT2D eigenvalue weighted by atomic mass is 16.5. The van der Waals surface area contributed by atoms with E-state index in [0.29, 0.717) is 19.4 Å². The Bertz CT molecular complexity index is 1220. The molecule has 0 rings (SSSR count). The minimum absolute atomic E-state index is 0.00760. The number of rotatable bonds is 67. The van der Waals surface area contributed by atoms with E-state index in [1.165, 1.54) is 315 Å². The average molecular weight is 1100 g/mol. The lowest BCUT2D eigenvalue weighted by atomic mass is 10.0. The van der Waals surface area contributed by atoms with E-state index in [9.17, 15) is 19.8 Å². The molecule has 0 aliphatic heterocycles. The summed E-state index contributed by atoms with van der Waals surface area (Å²) in [6.45, 7) is 4.93. The molecule has 0 aromatic carbocycles. The van der Waals surface area contributed by atoms with Crippen molar-refractivity contribution in [1.82, 2.24) is 5.32 Å². The van der Waals surface area contributed by atoms with Crippen molar-refractivity contribution in [1.29, 1.82) is 0 Å². The molecule has 3 N–H and O–H groups in total. The smallest absolute Gasteiger partial charge is 0.305 e. The Kier molecular flexibility index (Phi) is 66.4. The van der Waals surface area contributed by atoms with Gasteiger partial charge >= 0.3 is 5.97 Å². The van der Waals surface area contributed by atoms with Crippen molar-refractivity contribution >= 4 is 11.9 Å². The topological polar surface area (TPSA) is 95.9 Å². The summed E-state index contributed by atoms with van der Waals surface area (Å²) >= 11 is 0. The fourth-order valence-corrected chi connectivity index (χ4v) is 11.3. The Labute approximate surface area is 488 Å². The zero-order valence-electron chi connectivity index (χ0n) is 52.9. The zero-order valence-corrected chi connectivity index (χ0v) is 52.9. The first-order valence-corrected chi connectivity index (χ1v) is 35.6. The molecule has 0 aliphatic rings. The lowest BCUT2D eigenvalue weighted by Gasteiger charge is -2.20. The van der Waals surface area contributed by atoms with Crippen LogP contribution in [0.15, 0.2) is 24.3 Å². The third-order valence-corrected chi connectivity index (χ3v) is 16.7. The van der Waals surface area contributed by atoms with Gasteiger partial charge in [-0.15, -0.1) is 0 Å². The average Bonchev–Trinajstić information content (AvgIpc) is 3.44. The van der Waals surface area contributed by atoms with Gasteiger partial charge in [0.15, 0.2) is 0 Å².